The Morgan fingerprint density at radius 3 is 1.77 bits per heavy atom. The molecule has 22 heavy (non-hydrogen) atoms. The van der Waals surface area contributed by atoms with Crippen molar-refractivity contribution in [3.05, 3.63) is 0 Å². The van der Waals surface area contributed by atoms with Crippen LogP contribution in [-0.2, 0) is 0 Å². The van der Waals surface area contributed by atoms with Crippen LogP contribution in [0.3, 0.4) is 0 Å². The Balaban J connectivity index is 0. The largest absolute Gasteiger partial charge is 0.351 e. The highest BCUT2D eigenvalue weighted by Gasteiger charge is 2.45. The third-order valence-electron chi connectivity index (χ3n) is 4.52. The summed E-state index contributed by atoms with van der Waals surface area (Å²) in [6, 6.07) is -0.246. The lowest BCUT2D eigenvalue weighted by Gasteiger charge is -2.52. The topological polar surface area (TPSA) is 46.3 Å². The van der Waals surface area contributed by atoms with Crippen molar-refractivity contribution >= 4 is 6.03 Å². The van der Waals surface area contributed by atoms with Crippen LogP contribution in [0, 0.1) is 17.3 Å². The van der Waals surface area contributed by atoms with Gasteiger partial charge in [0.15, 0.2) is 0 Å². The molecule has 2 N–H and O–H groups in total. The van der Waals surface area contributed by atoms with Gasteiger partial charge in [0.2, 0.25) is 0 Å². The Kier molecular flexibility index (Phi) is 13.7. The van der Waals surface area contributed by atoms with Gasteiger partial charge in [-0.2, -0.15) is 0 Å². The van der Waals surface area contributed by atoms with Crippen LogP contribution in [-0.4, -0.2) is 24.0 Å². The van der Waals surface area contributed by atoms with Gasteiger partial charge in [0, 0.05) is 18.5 Å². The van der Waals surface area contributed by atoms with Gasteiger partial charge in [-0.15, -0.1) is 0 Å². The van der Waals surface area contributed by atoms with E-state index >= 15 is 0 Å². The molecule has 3 nitrogen and oxygen atoms in total. The summed E-state index contributed by atoms with van der Waals surface area (Å²) in [7, 11) is 0. The molecule has 134 valence electrons. The molecule has 2 rings (SSSR count). The van der Waals surface area contributed by atoms with Gasteiger partial charge >= 0.3 is 6.03 Å². The number of carbonyl (C=O) groups is 1. The van der Waals surface area contributed by atoms with E-state index in [0.717, 1.165) is 24.9 Å². The number of nitrogens with two attached hydrogens (primary N) is 1. The number of rotatable bonds is 1. The number of nitrogens with zero attached hydrogens (tertiary/aromatic N) is 1. The zero-order valence-corrected chi connectivity index (χ0v) is 16.5. The summed E-state index contributed by atoms with van der Waals surface area (Å²) < 4.78 is 0. The molecule has 0 aromatic heterocycles. The van der Waals surface area contributed by atoms with Crippen molar-refractivity contribution in [2.24, 2.45) is 23.0 Å². The summed E-state index contributed by atoms with van der Waals surface area (Å²) in [5, 5.41) is 0. The fourth-order valence-corrected chi connectivity index (χ4v) is 2.61. The van der Waals surface area contributed by atoms with Gasteiger partial charge in [-0.1, -0.05) is 74.7 Å². The number of amides is 2. The van der Waals surface area contributed by atoms with Crippen molar-refractivity contribution in [2.75, 3.05) is 13.1 Å². The number of primary amides is 1. The van der Waals surface area contributed by atoms with Crippen molar-refractivity contribution in [2.45, 2.75) is 87.5 Å². The van der Waals surface area contributed by atoms with Crippen LogP contribution in [0.15, 0.2) is 0 Å². The van der Waals surface area contributed by atoms with E-state index in [-0.39, 0.29) is 6.03 Å². The van der Waals surface area contributed by atoms with Crippen molar-refractivity contribution in [1.29, 1.82) is 0 Å². The van der Waals surface area contributed by atoms with Crippen LogP contribution in [0.4, 0.5) is 4.79 Å². The highest BCUT2D eigenvalue weighted by atomic mass is 16.2. The summed E-state index contributed by atoms with van der Waals surface area (Å²) in [5.74, 6) is 1.77. The first-order valence-corrected chi connectivity index (χ1v) is 9.43. The number of urea groups is 1. The minimum absolute atomic E-state index is 0.246. The van der Waals surface area contributed by atoms with E-state index in [1.165, 1.54) is 32.1 Å². The Morgan fingerprint density at radius 1 is 1.14 bits per heavy atom. The van der Waals surface area contributed by atoms with Crippen molar-refractivity contribution in [3.63, 3.8) is 0 Å². The first kappa shape index (κ1) is 23.5. The number of likely N-dealkylation sites (tertiary alicyclic amines) is 1. The number of carbonyl (C=O) groups excluding carboxylic acids is 1. The summed E-state index contributed by atoms with van der Waals surface area (Å²) in [6.45, 7) is 18.8. The zero-order chi connectivity index (χ0) is 17.8. The average Bonchev–Trinajstić information content (AvgIpc) is 2.50. The Bertz CT molecular complexity index is 261. The fraction of sp³-hybridized carbons (Fsp3) is 0.947. The SMILES string of the molecule is CC.CC.CC1CCC2(CC1)CN(C(N)=O)C2.CCC(C)C. The normalized spacial score (nSPS) is 18.9. The number of hydrogen-bond acceptors (Lipinski definition) is 1. The average molecular weight is 315 g/mol. The number of hydrogen-bond donors (Lipinski definition) is 1. The molecule has 0 unspecified atom stereocenters. The highest BCUT2D eigenvalue weighted by Crippen LogP contribution is 2.45. The molecule has 0 atom stereocenters. The standard InChI is InChI=1S/C10H18N2O.C5H12.2C2H6/c1-8-2-4-10(5-3-8)6-12(7-10)9(11)13;1-4-5(2)3;2*1-2/h8H,2-7H2,1H3,(H2,11,13);5H,4H2,1-3H3;2*1-2H3. The third kappa shape index (κ3) is 8.65. The van der Waals surface area contributed by atoms with Gasteiger partial charge in [0.05, 0.1) is 0 Å². The quantitative estimate of drug-likeness (QED) is 0.664. The van der Waals surface area contributed by atoms with Gasteiger partial charge in [-0.25, -0.2) is 4.79 Å². The fourth-order valence-electron chi connectivity index (χ4n) is 2.61. The first-order chi connectivity index (χ1) is 10.4. The first-order valence-electron chi connectivity index (χ1n) is 9.43. The molecule has 3 heteroatoms. The molecular weight excluding hydrogens is 272 g/mol. The molecule has 2 amide bonds. The maximum atomic E-state index is 10.8. The molecule has 2 aliphatic rings. The second-order valence-electron chi connectivity index (χ2n) is 6.68. The van der Waals surface area contributed by atoms with E-state index in [0.29, 0.717) is 5.41 Å². The minimum Gasteiger partial charge on any atom is -0.351 e. The van der Waals surface area contributed by atoms with E-state index in [1.807, 2.05) is 27.7 Å². The summed E-state index contributed by atoms with van der Waals surface area (Å²) in [4.78, 5) is 12.6. The Hall–Kier alpha value is -0.730. The molecular formula is C19H42N2O. The van der Waals surface area contributed by atoms with E-state index in [4.69, 9.17) is 5.73 Å². The van der Waals surface area contributed by atoms with E-state index in [1.54, 1.807) is 4.90 Å². The van der Waals surface area contributed by atoms with Gasteiger partial charge in [0.1, 0.15) is 0 Å². The van der Waals surface area contributed by atoms with Crippen LogP contribution in [0.1, 0.15) is 87.5 Å². The molecule has 2 fully saturated rings. The lowest BCUT2D eigenvalue weighted by atomic mass is 9.66. The van der Waals surface area contributed by atoms with Crippen LogP contribution in [0.5, 0.6) is 0 Å². The van der Waals surface area contributed by atoms with E-state index in [2.05, 4.69) is 27.7 Å². The van der Waals surface area contributed by atoms with E-state index < -0.39 is 0 Å². The van der Waals surface area contributed by atoms with Gasteiger partial charge in [0.25, 0.3) is 0 Å². The molecule has 0 aromatic rings. The molecule has 1 heterocycles. The van der Waals surface area contributed by atoms with Gasteiger partial charge in [-0.05, 0) is 24.7 Å². The Labute approximate surface area is 140 Å². The smallest absolute Gasteiger partial charge is 0.314 e. The molecule has 1 spiro atoms. The monoisotopic (exact) mass is 314 g/mol. The molecule has 1 saturated carbocycles. The van der Waals surface area contributed by atoms with E-state index in [9.17, 15) is 4.79 Å². The maximum absolute atomic E-state index is 10.8. The summed E-state index contributed by atoms with van der Waals surface area (Å²) in [6.07, 6.45) is 6.54. The molecule has 0 bridgehead atoms. The van der Waals surface area contributed by atoms with Crippen molar-refractivity contribution < 1.29 is 4.79 Å². The summed E-state index contributed by atoms with van der Waals surface area (Å²) in [5.41, 5.74) is 5.66. The predicted molar refractivity (Wildman–Crippen MR) is 99.0 cm³/mol. The van der Waals surface area contributed by atoms with Crippen LogP contribution in [0.2, 0.25) is 0 Å². The predicted octanol–water partition coefficient (Wildman–Crippen LogP) is 5.68. The molecule has 1 aliphatic carbocycles. The van der Waals surface area contributed by atoms with Gasteiger partial charge < -0.3 is 10.6 Å². The lowest BCUT2D eigenvalue weighted by molar-refractivity contribution is -0.00632. The maximum Gasteiger partial charge on any atom is 0.314 e. The second kappa shape index (κ2) is 12.8. The molecule has 1 aliphatic heterocycles. The third-order valence-corrected chi connectivity index (χ3v) is 4.52. The molecule has 0 aromatic carbocycles. The lowest BCUT2D eigenvalue weighted by Crippen LogP contribution is -2.60. The second-order valence-corrected chi connectivity index (χ2v) is 6.68. The Morgan fingerprint density at radius 2 is 1.50 bits per heavy atom. The highest BCUT2D eigenvalue weighted by molar-refractivity contribution is 5.73. The van der Waals surface area contributed by atoms with Crippen molar-refractivity contribution in [1.82, 2.24) is 4.90 Å². The molecule has 1 saturated heterocycles. The van der Waals surface area contributed by atoms with Crippen molar-refractivity contribution in [3.8, 4) is 0 Å². The van der Waals surface area contributed by atoms with Crippen LogP contribution in [0.25, 0.3) is 0 Å². The van der Waals surface area contributed by atoms with Crippen LogP contribution >= 0.6 is 0 Å². The molecule has 0 radical (unpaired) electrons. The minimum atomic E-state index is -0.246. The zero-order valence-electron chi connectivity index (χ0n) is 16.5. The summed E-state index contributed by atoms with van der Waals surface area (Å²) >= 11 is 0. The van der Waals surface area contributed by atoms with Gasteiger partial charge in [-0.3, -0.25) is 0 Å². The van der Waals surface area contributed by atoms with Crippen LogP contribution < -0.4 is 5.73 Å².